The summed E-state index contributed by atoms with van der Waals surface area (Å²) in [7, 11) is 1.56. The first kappa shape index (κ1) is 16.2. The van der Waals surface area contributed by atoms with Gasteiger partial charge >= 0.3 is 0 Å². The van der Waals surface area contributed by atoms with Crippen LogP contribution in [0.5, 0.6) is 0 Å². The molecule has 0 spiro atoms. The lowest BCUT2D eigenvalue weighted by atomic mass is 10.0. The van der Waals surface area contributed by atoms with Crippen LogP contribution in [-0.4, -0.2) is 35.8 Å². The minimum absolute atomic E-state index is 0.00898. The lowest BCUT2D eigenvalue weighted by Gasteiger charge is -2.20. The van der Waals surface area contributed by atoms with E-state index in [-0.39, 0.29) is 29.7 Å². The Morgan fingerprint density at radius 2 is 2.14 bits per heavy atom. The molecule has 1 N–H and O–H groups in total. The van der Waals surface area contributed by atoms with E-state index in [9.17, 15) is 14.0 Å². The summed E-state index contributed by atoms with van der Waals surface area (Å²) < 4.78 is 13.3. The van der Waals surface area contributed by atoms with Crippen molar-refractivity contribution < 1.29 is 14.0 Å². The molecule has 0 unspecified atom stereocenters. The Labute approximate surface area is 130 Å². The molecular formula is C17H21FN2O2. The first-order chi connectivity index (χ1) is 10.3. The van der Waals surface area contributed by atoms with E-state index < -0.39 is 0 Å². The molecule has 1 saturated carbocycles. The van der Waals surface area contributed by atoms with Crippen molar-refractivity contribution in [3.63, 3.8) is 0 Å². The Kier molecular flexibility index (Phi) is 4.64. The Morgan fingerprint density at radius 3 is 2.68 bits per heavy atom. The smallest absolute Gasteiger partial charge is 0.246 e. The highest BCUT2D eigenvalue weighted by Gasteiger charge is 2.44. The number of carbonyl (C=O) groups excluding carboxylic acids is 2. The van der Waals surface area contributed by atoms with Crippen molar-refractivity contribution in [3.05, 3.63) is 47.8 Å². The van der Waals surface area contributed by atoms with Gasteiger partial charge in [-0.2, -0.15) is 0 Å². The van der Waals surface area contributed by atoms with Crippen LogP contribution in [0.3, 0.4) is 0 Å². The molecule has 0 saturated heterocycles. The number of amides is 2. The van der Waals surface area contributed by atoms with E-state index in [0.29, 0.717) is 12.0 Å². The molecule has 0 heterocycles. The van der Waals surface area contributed by atoms with Gasteiger partial charge in [-0.1, -0.05) is 18.7 Å². The number of rotatable bonds is 6. The molecule has 0 aliphatic heterocycles. The summed E-state index contributed by atoms with van der Waals surface area (Å²) >= 11 is 0. The first-order valence-corrected chi connectivity index (χ1v) is 7.29. The lowest BCUT2D eigenvalue weighted by Crippen LogP contribution is -2.44. The van der Waals surface area contributed by atoms with Crippen LogP contribution in [0.25, 0.3) is 0 Å². The van der Waals surface area contributed by atoms with Crippen molar-refractivity contribution in [2.24, 2.45) is 0 Å². The molecule has 4 nitrogen and oxygen atoms in total. The fraction of sp³-hybridized carbons (Fsp3) is 0.412. The summed E-state index contributed by atoms with van der Waals surface area (Å²) in [5, 5.41) is 3.00. The number of hydrogen-bond donors (Lipinski definition) is 1. The molecule has 0 radical (unpaired) electrons. The molecule has 1 aliphatic carbocycles. The third-order valence-electron chi connectivity index (χ3n) is 3.95. The second-order valence-electron chi connectivity index (χ2n) is 5.99. The normalized spacial score (nSPS) is 15.0. The Morgan fingerprint density at radius 1 is 1.45 bits per heavy atom. The summed E-state index contributed by atoms with van der Waals surface area (Å²) in [4.78, 5) is 24.7. The Hall–Kier alpha value is -2.17. The van der Waals surface area contributed by atoms with Gasteiger partial charge in [0.05, 0.1) is 6.54 Å². The molecule has 22 heavy (non-hydrogen) atoms. The number of nitrogens with zero attached hydrogens (tertiary/aromatic N) is 1. The fourth-order valence-corrected chi connectivity index (χ4v) is 2.49. The number of likely N-dealkylation sites (N-methyl/N-ethyl adjacent to an activating group) is 1. The highest BCUT2D eigenvalue weighted by molar-refractivity contribution is 5.90. The van der Waals surface area contributed by atoms with Crippen molar-refractivity contribution in [1.29, 1.82) is 0 Å². The Balaban J connectivity index is 1.94. The maximum absolute atomic E-state index is 13.3. The third kappa shape index (κ3) is 3.93. The molecule has 1 aromatic rings. The maximum Gasteiger partial charge on any atom is 0.246 e. The van der Waals surface area contributed by atoms with Gasteiger partial charge in [0.1, 0.15) is 5.82 Å². The second-order valence-corrected chi connectivity index (χ2v) is 5.99. The summed E-state index contributed by atoms with van der Waals surface area (Å²) in [5.74, 6) is -0.689. The van der Waals surface area contributed by atoms with E-state index in [1.807, 2.05) is 6.07 Å². The van der Waals surface area contributed by atoms with Crippen molar-refractivity contribution in [1.82, 2.24) is 10.2 Å². The molecule has 2 rings (SSSR count). The monoisotopic (exact) mass is 304 g/mol. The van der Waals surface area contributed by atoms with Gasteiger partial charge in [-0.15, -0.1) is 0 Å². The molecule has 1 aromatic carbocycles. The van der Waals surface area contributed by atoms with Crippen LogP contribution < -0.4 is 5.32 Å². The van der Waals surface area contributed by atoms with Crippen LogP contribution >= 0.6 is 0 Å². The van der Waals surface area contributed by atoms with Crippen LogP contribution in [0, 0.1) is 12.7 Å². The van der Waals surface area contributed by atoms with Crippen LogP contribution in [0.4, 0.5) is 4.39 Å². The molecular weight excluding hydrogens is 283 g/mol. The number of hydrogen-bond acceptors (Lipinski definition) is 2. The standard InChI is InChI=1S/C17H21FN2O2/c1-4-16(22)20(3)11-15(21)19-17(7-8-17)10-13-5-6-14(18)12(2)9-13/h4-6,9H,1,7-8,10-11H2,2-3H3,(H,19,21). The highest BCUT2D eigenvalue weighted by Crippen LogP contribution is 2.38. The predicted molar refractivity (Wildman–Crippen MR) is 82.8 cm³/mol. The quantitative estimate of drug-likeness (QED) is 0.817. The van der Waals surface area contributed by atoms with Crippen LogP contribution in [-0.2, 0) is 16.0 Å². The molecule has 1 aliphatic rings. The number of benzene rings is 1. The van der Waals surface area contributed by atoms with Gasteiger partial charge in [0.15, 0.2) is 0 Å². The minimum atomic E-state index is -0.283. The summed E-state index contributed by atoms with van der Waals surface area (Å²) in [5.41, 5.74) is 1.36. The minimum Gasteiger partial charge on any atom is -0.349 e. The topological polar surface area (TPSA) is 49.4 Å². The van der Waals surface area contributed by atoms with Crippen molar-refractivity contribution in [2.75, 3.05) is 13.6 Å². The summed E-state index contributed by atoms with van der Waals surface area (Å²) in [6.07, 6.45) is 3.66. The fourth-order valence-electron chi connectivity index (χ4n) is 2.49. The number of carbonyl (C=O) groups is 2. The van der Waals surface area contributed by atoms with Gasteiger partial charge in [0, 0.05) is 12.6 Å². The van der Waals surface area contributed by atoms with Gasteiger partial charge < -0.3 is 10.2 Å². The van der Waals surface area contributed by atoms with Gasteiger partial charge in [0.2, 0.25) is 11.8 Å². The first-order valence-electron chi connectivity index (χ1n) is 7.29. The van der Waals surface area contributed by atoms with Crippen molar-refractivity contribution >= 4 is 11.8 Å². The second kappa shape index (κ2) is 6.30. The zero-order chi connectivity index (χ0) is 16.3. The van der Waals surface area contributed by atoms with E-state index in [1.54, 1.807) is 20.0 Å². The zero-order valence-electron chi connectivity index (χ0n) is 13.0. The van der Waals surface area contributed by atoms with Crippen LogP contribution in [0.1, 0.15) is 24.0 Å². The van der Waals surface area contributed by atoms with Crippen molar-refractivity contribution in [3.8, 4) is 0 Å². The van der Waals surface area contributed by atoms with Crippen LogP contribution in [0.15, 0.2) is 30.9 Å². The van der Waals surface area contributed by atoms with Crippen molar-refractivity contribution in [2.45, 2.75) is 31.7 Å². The average Bonchev–Trinajstić information content (AvgIpc) is 3.20. The van der Waals surface area contributed by atoms with E-state index in [4.69, 9.17) is 0 Å². The van der Waals surface area contributed by atoms with E-state index in [1.165, 1.54) is 17.0 Å². The molecule has 1 fully saturated rings. The van der Waals surface area contributed by atoms with Crippen LogP contribution in [0.2, 0.25) is 0 Å². The molecule has 2 amide bonds. The predicted octanol–water partition coefficient (Wildman–Crippen LogP) is 1.97. The van der Waals surface area contributed by atoms with E-state index in [2.05, 4.69) is 11.9 Å². The third-order valence-corrected chi connectivity index (χ3v) is 3.95. The Bertz CT molecular complexity index is 609. The lowest BCUT2D eigenvalue weighted by molar-refractivity contribution is -0.131. The van der Waals surface area contributed by atoms with E-state index >= 15 is 0 Å². The molecule has 5 heteroatoms. The molecule has 0 atom stereocenters. The summed E-state index contributed by atoms with van der Waals surface area (Å²) in [6, 6.07) is 5.02. The average molecular weight is 304 g/mol. The molecule has 0 bridgehead atoms. The number of aryl methyl sites for hydroxylation is 1. The van der Waals surface area contributed by atoms with E-state index in [0.717, 1.165) is 18.4 Å². The van der Waals surface area contributed by atoms with Gasteiger partial charge in [0.25, 0.3) is 0 Å². The SMILES string of the molecule is C=CC(=O)N(C)CC(=O)NC1(Cc2ccc(F)c(C)c2)CC1. The number of nitrogens with one attached hydrogen (secondary N) is 1. The summed E-state index contributed by atoms with van der Waals surface area (Å²) in [6.45, 7) is 5.13. The van der Waals surface area contributed by atoms with Gasteiger partial charge in [-0.25, -0.2) is 4.39 Å². The highest BCUT2D eigenvalue weighted by atomic mass is 19.1. The number of halogens is 1. The molecule has 0 aromatic heterocycles. The zero-order valence-corrected chi connectivity index (χ0v) is 13.0. The van der Waals surface area contributed by atoms with Gasteiger partial charge in [-0.05, 0) is 49.5 Å². The largest absolute Gasteiger partial charge is 0.349 e. The molecule has 118 valence electrons. The van der Waals surface area contributed by atoms with Gasteiger partial charge in [-0.3, -0.25) is 9.59 Å². The maximum atomic E-state index is 13.3.